The smallest absolute Gasteiger partial charge is 0.320 e. The fourth-order valence-electron chi connectivity index (χ4n) is 6.19. The van der Waals surface area contributed by atoms with Crippen LogP contribution in [0, 0.1) is 0 Å². The van der Waals surface area contributed by atoms with E-state index in [9.17, 15) is 14.7 Å². The van der Waals surface area contributed by atoms with Crippen LogP contribution in [0.25, 0.3) is 0 Å². The number of aromatic hydroxyl groups is 1. The lowest BCUT2D eigenvalue weighted by molar-refractivity contribution is -0.252. The molecule has 0 aliphatic carbocycles. The molecule has 7 heteroatoms. The van der Waals surface area contributed by atoms with Crippen LogP contribution in [0.15, 0.2) is 6.07 Å². The predicted octanol–water partition coefficient (Wildman–Crippen LogP) is 9.83. The highest BCUT2D eigenvalue weighted by Gasteiger charge is 2.47. The number of methoxy groups -OCH3 is 2. The van der Waals surface area contributed by atoms with Gasteiger partial charge >= 0.3 is 11.9 Å². The maximum Gasteiger partial charge on any atom is 0.320 e. The number of benzene rings is 1. The number of cyclic esters (lactones) is 2. The van der Waals surface area contributed by atoms with Crippen LogP contribution in [-0.2, 0) is 31.3 Å². The van der Waals surface area contributed by atoms with Crippen molar-refractivity contribution < 1.29 is 33.6 Å². The first-order valence-electron chi connectivity index (χ1n) is 17.3. The Morgan fingerprint density at radius 3 is 1.56 bits per heavy atom. The Hall–Kier alpha value is -2.44. The second kappa shape index (κ2) is 21.3. The number of hydrogen-bond acceptors (Lipinski definition) is 7. The lowest BCUT2D eigenvalue weighted by Crippen LogP contribution is -2.43. The van der Waals surface area contributed by atoms with Crippen molar-refractivity contribution in [2.75, 3.05) is 14.2 Å². The fraction of sp³-hybridized carbons (Fsp3) is 0.778. The van der Waals surface area contributed by atoms with Crippen LogP contribution in [0.5, 0.6) is 17.2 Å². The minimum absolute atomic E-state index is 0.0987. The zero-order valence-electron chi connectivity index (χ0n) is 27.7. The largest absolute Gasteiger partial charge is 0.502 e. The Labute approximate surface area is 261 Å². The van der Waals surface area contributed by atoms with E-state index in [2.05, 4.69) is 13.8 Å². The first-order valence-corrected chi connectivity index (χ1v) is 17.3. The molecule has 1 aromatic carbocycles. The molecule has 0 atom stereocenters. The van der Waals surface area contributed by atoms with Gasteiger partial charge in [-0.2, -0.15) is 0 Å². The third-order valence-electron chi connectivity index (χ3n) is 8.64. The molecule has 1 fully saturated rings. The van der Waals surface area contributed by atoms with E-state index in [1.807, 2.05) is 0 Å². The van der Waals surface area contributed by atoms with Crippen LogP contribution < -0.4 is 9.47 Å². The molecule has 7 nitrogen and oxygen atoms in total. The Morgan fingerprint density at radius 2 is 1.12 bits per heavy atom. The van der Waals surface area contributed by atoms with Crippen molar-refractivity contribution in [1.82, 2.24) is 0 Å². The van der Waals surface area contributed by atoms with Gasteiger partial charge in [-0.15, -0.1) is 0 Å². The molecule has 0 bridgehead atoms. The van der Waals surface area contributed by atoms with Crippen LogP contribution in [0.3, 0.4) is 0 Å². The zero-order valence-corrected chi connectivity index (χ0v) is 27.7. The molecule has 1 aromatic rings. The summed E-state index contributed by atoms with van der Waals surface area (Å²) in [6, 6.07) is 1.66. The SMILES string of the molecule is CCCCCCCCCCCCc1c(C2(CCCCCCCCCCCC)OC(=O)CC(=O)O2)cc(OC)c(O)c1OC. The summed E-state index contributed by atoms with van der Waals surface area (Å²) in [6.45, 7) is 4.48. The second-order valence-corrected chi connectivity index (χ2v) is 12.2. The molecule has 0 aromatic heterocycles. The van der Waals surface area contributed by atoms with E-state index in [1.165, 1.54) is 104 Å². The summed E-state index contributed by atoms with van der Waals surface area (Å²) in [7, 11) is 2.97. The van der Waals surface area contributed by atoms with Crippen LogP contribution in [-0.4, -0.2) is 31.3 Å². The Kier molecular flexibility index (Phi) is 18.2. The molecule has 1 heterocycles. The summed E-state index contributed by atoms with van der Waals surface area (Å²) in [5, 5.41) is 10.9. The molecule has 1 aliphatic rings. The van der Waals surface area contributed by atoms with Crippen molar-refractivity contribution in [3.8, 4) is 17.2 Å². The van der Waals surface area contributed by atoms with E-state index >= 15 is 0 Å². The Balaban J connectivity index is 2.12. The molecule has 1 N–H and O–H groups in total. The van der Waals surface area contributed by atoms with Gasteiger partial charge in [0, 0.05) is 17.5 Å². The van der Waals surface area contributed by atoms with Crippen molar-refractivity contribution in [1.29, 1.82) is 0 Å². The van der Waals surface area contributed by atoms with Gasteiger partial charge < -0.3 is 24.1 Å². The first-order chi connectivity index (χ1) is 20.9. The van der Waals surface area contributed by atoms with Gasteiger partial charge in [-0.05, 0) is 25.3 Å². The predicted molar refractivity (Wildman–Crippen MR) is 172 cm³/mol. The summed E-state index contributed by atoms with van der Waals surface area (Å²) in [5.74, 6) is -2.38. The van der Waals surface area contributed by atoms with Gasteiger partial charge in [-0.25, -0.2) is 0 Å². The molecule has 1 saturated heterocycles. The minimum atomic E-state index is -1.56. The second-order valence-electron chi connectivity index (χ2n) is 12.2. The van der Waals surface area contributed by atoms with E-state index in [4.69, 9.17) is 18.9 Å². The van der Waals surface area contributed by atoms with Gasteiger partial charge in [0.05, 0.1) is 14.2 Å². The van der Waals surface area contributed by atoms with Crippen LogP contribution >= 0.6 is 0 Å². The highest BCUT2D eigenvalue weighted by atomic mass is 16.7. The number of phenols is 1. The molecule has 0 saturated carbocycles. The molecular weight excluding hydrogens is 544 g/mol. The van der Waals surface area contributed by atoms with Gasteiger partial charge in [0.15, 0.2) is 11.5 Å². The summed E-state index contributed by atoms with van der Waals surface area (Å²) < 4.78 is 23.0. The number of carbonyl (C=O) groups excluding carboxylic acids is 2. The minimum Gasteiger partial charge on any atom is -0.502 e. The van der Waals surface area contributed by atoms with E-state index < -0.39 is 24.1 Å². The normalized spacial score (nSPS) is 14.4. The highest BCUT2D eigenvalue weighted by Crippen LogP contribution is 2.48. The average Bonchev–Trinajstić information content (AvgIpc) is 2.98. The number of carbonyl (C=O) groups is 2. The van der Waals surface area contributed by atoms with Gasteiger partial charge in [0.1, 0.15) is 6.42 Å². The standard InChI is InChI=1S/C36H60O7/c1-5-7-9-11-13-15-17-19-21-23-25-29-30(27-31(40-3)34(39)35(29)41-4)36(42-32(37)28-33(38)43-36)26-24-22-20-18-16-14-12-10-8-6-2/h27,39H,5-26,28H2,1-4H3. The average molecular weight is 605 g/mol. The Bertz CT molecular complexity index is 926. The lowest BCUT2D eigenvalue weighted by Gasteiger charge is -2.38. The molecule has 2 rings (SSSR count). The van der Waals surface area contributed by atoms with E-state index in [-0.39, 0.29) is 17.2 Å². The van der Waals surface area contributed by atoms with Gasteiger partial charge in [0.25, 0.3) is 5.79 Å². The number of ether oxygens (including phenoxy) is 4. The molecule has 246 valence electrons. The summed E-state index contributed by atoms with van der Waals surface area (Å²) >= 11 is 0. The van der Waals surface area contributed by atoms with Crippen molar-refractivity contribution in [2.24, 2.45) is 0 Å². The van der Waals surface area contributed by atoms with Gasteiger partial charge in [-0.3, -0.25) is 9.59 Å². The molecule has 1 aliphatic heterocycles. The molecule has 0 amide bonds. The summed E-state index contributed by atoms with van der Waals surface area (Å²) in [4.78, 5) is 25.3. The number of unbranched alkanes of at least 4 members (excludes halogenated alkanes) is 18. The number of phenolic OH excluding ortho intramolecular Hbond substituents is 1. The van der Waals surface area contributed by atoms with Crippen LogP contribution in [0.2, 0.25) is 0 Å². The van der Waals surface area contributed by atoms with E-state index in [1.54, 1.807) is 6.07 Å². The van der Waals surface area contributed by atoms with Crippen molar-refractivity contribution in [3.05, 3.63) is 17.2 Å². The quantitative estimate of drug-likeness (QED) is 0.0674. The van der Waals surface area contributed by atoms with Gasteiger partial charge in [-0.1, -0.05) is 129 Å². The topological polar surface area (TPSA) is 91.3 Å². The lowest BCUT2D eigenvalue weighted by atomic mass is 9.89. The third-order valence-corrected chi connectivity index (χ3v) is 8.64. The Morgan fingerprint density at radius 1 is 0.674 bits per heavy atom. The molecule has 0 radical (unpaired) electrons. The molecule has 43 heavy (non-hydrogen) atoms. The van der Waals surface area contributed by atoms with Crippen molar-refractivity contribution in [2.45, 2.75) is 167 Å². The van der Waals surface area contributed by atoms with Crippen molar-refractivity contribution >= 4 is 11.9 Å². The van der Waals surface area contributed by atoms with E-state index in [0.717, 1.165) is 38.5 Å². The molecule has 0 unspecified atom stereocenters. The third kappa shape index (κ3) is 12.6. The fourth-order valence-corrected chi connectivity index (χ4v) is 6.19. The maximum atomic E-state index is 12.6. The van der Waals surface area contributed by atoms with E-state index in [0.29, 0.717) is 24.0 Å². The number of rotatable bonds is 25. The first kappa shape index (κ1) is 36.8. The van der Waals surface area contributed by atoms with Gasteiger partial charge in [0.2, 0.25) is 5.75 Å². The summed E-state index contributed by atoms with van der Waals surface area (Å²) in [6.07, 6.45) is 24.2. The zero-order chi connectivity index (χ0) is 31.3. The van der Waals surface area contributed by atoms with Crippen LogP contribution in [0.4, 0.5) is 0 Å². The molecule has 0 spiro atoms. The van der Waals surface area contributed by atoms with Crippen LogP contribution in [0.1, 0.15) is 166 Å². The summed E-state index contributed by atoms with van der Waals surface area (Å²) in [5.41, 5.74) is 1.24. The molecular formula is C36H60O7. The van der Waals surface area contributed by atoms with Crippen molar-refractivity contribution in [3.63, 3.8) is 0 Å². The highest BCUT2D eigenvalue weighted by molar-refractivity contribution is 5.93. The number of esters is 2. The monoisotopic (exact) mass is 604 g/mol. The number of hydrogen-bond donors (Lipinski definition) is 1. The maximum absolute atomic E-state index is 12.6.